The quantitative estimate of drug-likeness (QED) is 0.331. The normalized spacial score (nSPS) is 18.3. The molecular formula is C24H23N5O3S. The Morgan fingerprint density at radius 1 is 1.03 bits per heavy atom. The minimum atomic E-state index is -0.196. The number of fused-ring (bicyclic) bond motifs is 1. The fourth-order valence-electron chi connectivity index (χ4n) is 4.12. The molecule has 2 aromatic carbocycles. The Morgan fingerprint density at radius 3 is 2.61 bits per heavy atom. The van der Waals surface area contributed by atoms with Crippen LogP contribution in [0.2, 0.25) is 0 Å². The van der Waals surface area contributed by atoms with Crippen LogP contribution in [0.3, 0.4) is 0 Å². The highest BCUT2D eigenvalue weighted by atomic mass is 32.2. The first-order chi connectivity index (χ1) is 16.2. The fourth-order valence-corrected chi connectivity index (χ4v) is 4.80. The van der Waals surface area contributed by atoms with E-state index in [1.165, 1.54) is 11.8 Å². The summed E-state index contributed by atoms with van der Waals surface area (Å²) in [5, 5.41) is 12.5. The summed E-state index contributed by atoms with van der Waals surface area (Å²) in [5.41, 5.74) is 1.34. The molecule has 0 aliphatic heterocycles. The average molecular weight is 462 g/mol. The van der Waals surface area contributed by atoms with Gasteiger partial charge < -0.3 is 14.7 Å². The minimum absolute atomic E-state index is 0.0663. The SMILES string of the molecule is O=C(CSc1nc2ccccc2c(=O)[nH]1)NC1CCC(c2nnc(-c3ccccc3)o2)CC1. The van der Waals surface area contributed by atoms with Crippen LogP contribution in [-0.4, -0.2) is 37.9 Å². The molecule has 1 aliphatic carbocycles. The number of para-hydroxylation sites is 1. The van der Waals surface area contributed by atoms with E-state index in [9.17, 15) is 9.59 Å². The monoisotopic (exact) mass is 461 g/mol. The topological polar surface area (TPSA) is 114 Å². The second kappa shape index (κ2) is 9.58. The van der Waals surface area contributed by atoms with E-state index in [4.69, 9.17) is 4.42 Å². The van der Waals surface area contributed by atoms with Gasteiger partial charge in [0.15, 0.2) is 5.16 Å². The molecule has 4 aromatic rings. The number of amides is 1. The van der Waals surface area contributed by atoms with Gasteiger partial charge in [0.2, 0.25) is 17.7 Å². The number of H-pyrrole nitrogens is 1. The number of carbonyl (C=O) groups excluding carboxylic acids is 1. The van der Waals surface area contributed by atoms with Crippen molar-refractivity contribution in [2.45, 2.75) is 42.8 Å². The molecule has 2 N–H and O–H groups in total. The second-order valence-corrected chi connectivity index (χ2v) is 9.07. The number of hydrogen-bond donors (Lipinski definition) is 2. The van der Waals surface area contributed by atoms with Crippen LogP contribution in [0.1, 0.15) is 37.5 Å². The molecule has 1 saturated carbocycles. The van der Waals surface area contributed by atoms with Crippen molar-refractivity contribution in [1.29, 1.82) is 0 Å². The van der Waals surface area contributed by atoms with Gasteiger partial charge in [0.1, 0.15) is 0 Å². The maximum atomic E-state index is 12.5. The number of carbonyl (C=O) groups is 1. The summed E-state index contributed by atoms with van der Waals surface area (Å²) in [5.74, 6) is 1.55. The van der Waals surface area contributed by atoms with E-state index in [2.05, 4.69) is 25.5 Å². The molecular weight excluding hydrogens is 438 g/mol. The lowest BCUT2D eigenvalue weighted by atomic mass is 9.86. The average Bonchev–Trinajstić information content (AvgIpc) is 3.34. The summed E-state index contributed by atoms with van der Waals surface area (Å²) in [4.78, 5) is 31.8. The summed E-state index contributed by atoms with van der Waals surface area (Å²) >= 11 is 1.23. The Labute approximate surface area is 194 Å². The van der Waals surface area contributed by atoms with Crippen LogP contribution in [0.5, 0.6) is 0 Å². The van der Waals surface area contributed by atoms with Gasteiger partial charge in [-0.25, -0.2) is 4.98 Å². The van der Waals surface area contributed by atoms with Gasteiger partial charge in [0.25, 0.3) is 5.56 Å². The summed E-state index contributed by atoms with van der Waals surface area (Å²) in [6, 6.07) is 17.0. The summed E-state index contributed by atoms with van der Waals surface area (Å²) in [7, 11) is 0. The molecule has 9 heteroatoms. The largest absolute Gasteiger partial charge is 0.420 e. The van der Waals surface area contributed by atoms with Crippen LogP contribution in [-0.2, 0) is 4.79 Å². The molecule has 1 fully saturated rings. The number of benzene rings is 2. The number of aromatic nitrogens is 4. The molecule has 0 radical (unpaired) electrons. The Kier molecular flexibility index (Phi) is 6.21. The van der Waals surface area contributed by atoms with Crippen LogP contribution in [0.25, 0.3) is 22.4 Å². The molecule has 0 unspecified atom stereocenters. The zero-order valence-electron chi connectivity index (χ0n) is 17.9. The maximum absolute atomic E-state index is 12.5. The van der Waals surface area contributed by atoms with Crippen LogP contribution < -0.4 is 10.9 Å². The molecule has 2 heterocycles. The lowest BCUT2D eigenvalue weighted by molar-refractivity contribution is -0.119. The van der Waals surface area contributed by atoms with E-state index >= 15 is 0 Å². The van der Waals surface area contributed by atoms with Crippen LogP contribution in [0.4, 0.5) is 0 Å². The third-order valence-corrected chi connectivity index (χ3v) is 6.71. The molecule has 0 bridgehead atoms. The van der Waals surface area contributed by atoms with Crippen LogP contribution in [0.15, 0.2) is 69.0 Å². The van der Waals surface area contributed by atoms with Gasteiger partial charge >= 0.3 is 0 Å². The highest BCUT2D eigenvalue weighted by Gasteiger charge is 2.27. The number of nitrogens with one attached hydrogen (secondary N) is 2. The zero-order chi connectivity index (χ0) is 22.6. The third kappa shape index (κ3) is 4.98. The molecule has 1 amide bonds. The first-order valence-corrected chi connectivity index (χ1v) is 11.9. The molecule has 0 saturated heterocycles. The molecule has 0 atom stereocenters. The van der Waals surface area contributed by atoms with Gasteiger partial charge in [-0.05, 0) is 49.9 Å². The van der Waals surface area contributed by atoms with E-state index < -0.39 is 0 Å². The van der Waals surface area contributed by atoms with E-state index in [0.29, 0.717) is 27.8 Å². The van der Waals surface area contributed by atoms with Gasteiger partial charge in [0, 0.05) is 17.5 Å². The minimum Gasteiger partial charge on any atom is -0.420 e. The van der Waals surface area contributed by atoms with Crippen molar-refractivity contribution >= 4 is 28.6 Å². The van der Waals surface area contributed by atoms with Gasteiger partial charge in [-0.1, -0.05) is 42.1 Å². The van der Waals surface area contributed by atoms with Crippen molar-refractivity contribution in [3.63, 3.8) is 0 Å². The van der Waals surface area contributed by atoms with Crippen molar-refractivity contribution in [3.05, 3.63) is 70.8 Å². The van der Waals surface area contributed by atoms with Crippen molar-refractivity contribution in [2.75, 3.05) is 5.75 Å². The number of rotatable bonds is 6. The molecule has 8 nitrogen and oxygen atoms in total. The highest BCUT2D eigenvalue weighted by Crippen LogP contribution is 2.33. The van der Waals surface area contributed by atoms with E-state index in [-0.39, 0.29) is 29.2 Å². The van der Waals surface area contributed by atoms with E-state index in [1.54, 1.807) is 18.2 Å². The van der Waals surface area contributed by atoms with Gasteiger partial charge in [-0.15, -0.1) is 10.2 Å². The van der Waals surface area contributed by atoms with Crippen LogP contribution in [0, 0.1) is 0 Å². The van der Waals surface area contributed by atoms with Crippen LogP contribution >= 0.6 is 11.8 Å². The van der Waals surface area contributed by atoms with Gasteiger partial charge in [-0.3, -0.25) is 9.59 Å². The first-order valence-electron chi connectivity index (χ1n) is 11.0. The smallest absolute Gasteiger partial charge is 0.259 e. The lowest BCUT2D eigenvalue weighted by Gasteiger charge is -2.27. The molecule has 0 spiro atoms. The lowest BCUT2D eigenvalue weighted by Crippen LogP contribution is -2.38. The number of hydrogen-bond acceptors (Lipinski definition) is 7. The Bertz CT molecular complexity index is 1310. The van der Waals surface area contributed by atoms with E-state index in [0.717, 1.165) is 31.2 Å². The number of aromatic amines is 1. The van der Waals surface area contributed by atoms with Crippen molar-refractivity contribution in [3.8, 4) is 11.5 Å². The molecule has 1 aliphatic rings. The van der Waals surface area contributed by atoms with E-state index in [1.807, 2.05) is 36.4 Å². The summed E-state index contributed by atoms with van der Waals surface area (Å²) in [6.45, 7) is 0. The Morgan fingerprint density at radius 2 is 1.79 bits per heavy atom. The summed E-state index contributed by atoms with van der Waals surface area (Å²) < 4.78 is 5.90. The molecule has 168 valence electrons. The first kappa shape index (κ1) is 21.4. The predicted octanol–water partition coefficient (Wildman–Crippen LogP) is 3.91. The predicted molar refractivity (Wildman–Crippen MR) is 126 cm³/mol. The second-order valence-electron chi connectivity index (χ2n) is 8.10. The number of nitrogens with zero attached hydrogens (tertiary/aromatic N) is 3. The van der Waals surface area contributed by atoms with Gasteiger partial charge in [0.05, 0.1) is 16.7 Å². The molecule has 5 rings (SSSR count). The number of thioether (sulfide) groups is 1. The Hall–Kier alpha value is -3.46. The zero-order valence-corrected chi connectivity index (χ0v) is 18.7. The standard InChI is InChI=1S/C24H23N5O3S/c30-20(14-33-24-26-19-9-5-4-8-18(19)21(31)27-24)25-17-12-10-16(11-13-17)23-29-28-22(32-23)15-6-2-1-3-7-15/h1-9,16-17H,10-14H2,(H,25,30)(H,26,27,31). The summed E-state index contributed by atoms with van der Waals surface area (Å²) in [6.07, 6.45) is 3.48. The molecule has 33 heavy (non-hydrogen) atoms. The molecule has 2 aromatic heterocycles. The van der Waals surface area contributed by atoms with Crippen molar-refractivity contribution in [2.24, 2.45) is 0 Å². The van der Waals surface area contributed by atoms with Crippen molar-refractivity contribution < 1.29 is 9.21 Å². The third-order valence-electron chi connectivity index (χ3n) is 5.83. The van der Waals surface area contributed by atoms with Gasteiger partial charge in [-0.2, -0.15) is 0 Å². The Balaban J connectivity index is 1.11. The maximum Gasteiger partial charge on any atom is 0.259 e. The van der Waals surface area contributed by atoms with Crippen molar-refractivity contribution in [1.82, 2.24) is 25.5 Å². The highest BCUT2D eigenvalue weighted by molar-refractivity contribution is 7.99. The fraction of sp³-hybridized carbons (Fsp3) is 0.292.